The molecule has 3 aromatic heterocycles. The van der Waals surface area contributed by atoms with Crippen molar-refractivity contribution < 1.29 is 8.83 Å². The highest BCUT2D eigenvalue weighted by Gasteiger charge is 2.19. The van der Waals surface area contributed by atoms with Gasteiger partial charge >= 0.3 is 0 Å². The van der Waals surface area contributed by atoms with Gasteiger partial charge in [0, 0.05) is 38.0 Å². The third kappa shape index (κ3) is 3.14. The molecule has 43 heavy (non-hydrogen) atoms. The van der Waals surface area contributed by atoms with Crippen LogP contribution in [0.2, 0.25) is 0 Å². The Morgan fingerprint density at radius 3 is 2.19 bits per heavy atom. The van der Waals surface area contributed by atoms with E-state index in [0.717, 1.165) is 49.4 Å². The number of hydrogen-bond acceptors (Lipinski definition) is 2. The molecule has 3 heterocycles. The SMILES string of the molecule is c1ccc(-n2c3ccccc3c3cc(-c4cc5cc6occc6cc5c5c4ccc4c6ccccc6oc45)ccc32)cc1. The minimum absolute atomic E-state index is 0.885. The Kier molecular flexibility index (Phi) is 4.45. The highest BCUT2D eigenvalue weighted by molar-refractivity contribution is 6.27. The normalized spacial score (nSPS) is 12.2. The minimum Gasteiger partial charge on any atom is -0.464 e. The third-order valence-electron chi connectivity index (χ3n) is 9.03. The van der Waals surface area contributed by atoms with Crippen molar-refractivity contribution in [2.75, 3.05) is 0 Å². The lowest BCUT2D eigenvalue weighted by atomic mass is 9.91. The maximum absolute atomic E-state index is 6.61. The number of rotatable bonds is 2. The number of hydrogen-bond donors (Lipinski definition) is 0. The van der Waals surface area contributed by atoms with Gasteiger partial charge in [0.1, 0.15) is 16.7 Å². The van der Waals surface area contributed by atoms with E-state index in [9.17, 15) is 0 Å². The second-order valence-corrected chi connectivity index (χ2v) is 11.3. The first-order valence-corrected chi connectivity index (χ1v) is 14.6. The number of para-hydroxylation sites is 3. The van der Waals surface area contributed by atoms with Crippen LogP contribution in [0.5, 0.6) is 0 Å². The van der Waals surface area contributed by atoms with Crippen molar-refractivity contribution in [1.29, 1.82) is 0 Å². The molecule has 0 bridgehead atoms. The lowest BCUT2D eigenvalue weighted by Gasteiger charge is -2.13. The van der Waals surface area contributed by atoms with Crippen molar-refractivity contribution >= 4 is 76.3 Å². The molecule has 0 unspecified atom stereocenters. The van der Waals surface area contributed by atoms with Gasteiger partial charge in [0.15, 0.2) is 0 Å². The largest absolute Gasteiger partial charge is 0.464 e. The molecule has 7 aromatic carbocycles. The van der Waals surface area contributed by atoms with E-state index >= 15 is 0 Å². The monoisotopic (exact) mass is 549 g/mol. The molecule has 0 N–H and O–H groups in total. The molecule has 0 amide bonds. The first kappa shape index (κ1) is 22.8. The lowest BCUT2D eigenvalue weighted by molar-refractivity contribution is 0.616. The van der Waals surface area contributed by atoms with Crippen LogP contribution in [0.25, 0.3) is 93.1 Å². The van der Waals surface area contributed by atoms with E-state index in [-0.39, 0.29) is 0 Å². The number of aromatic nitrogens is 1. The molecule has 0 radical (unpaired) electrons. The minimum atomic E-state index is 0.885. The molecule has 0 aliphatic heterocycles. The Labute approximate surface area is 245 Å². The highest BCUT2D eigenvalue weighted by Crippen LogP contribution is 2.44. The van der Waals surface area contributed by atoms with E-state index in [1.807, 2.05) is 12.1 Å². The van der Waals surface area contributed by atoms with Crippen LogP contribution in [0.4, 0.5) is 0 Å². The van der Waals surface area contributed by atoms with Crippen LogP contribution >= 0.6 is 0 Å². The fourth-order valence-corrected chi connectivity index (χ4v) is 7.11. The van der Waals surface area contributed by atoms with Crippen LogP contribution < -0.4 is 0 Å². The molecular formula is C40H23NO2. The molecule has 3 nitrogen and oxygen atoms in total. The van der Waals surface area contributed by atoms with Gasteiger partial charge in [-0.05, 0) is 94.0 Å². The van der Waals surface area contributed by atoms with Crippen molar-refractivity contribution in [2.24, 2.45) is 0 Å². The van der Waals surface area contributed by atoms with Crippen LogP contribution in [0.1, 0.15) is 0 Å². The molecular weight excluding hydrogens is 526 g/mol. The van der Waals surface area contributed by atoms with E-state index in [4.69, 9.17) is 8.83 Å². The van der Waals surface area contributed by atoms with Crippen molar-refractivity contribution in [2.45, 2.75) is 0 Å². The Morgan fingerprint density at radius 1 is 0.465 bits per heavy atom. The standard InChI is InChI=1S/C40H23NO2/c1-2-8-27(9-3-1)41-35-12-6-4-10-28(35)34-20-24(14-17-36(34)41)32-22-26-23-38-25(18-19-42-38)21-33(26)39-30(32)15-16-31-29-11-5-7-13-37(29)43-40(31)39/h1-23H. The van der Waals surface area contributed by atoms with Gasteiger partial charge in [0.25, 0.3) is 0 Å². The summed E-state index contributed by atoms with van der Waals surface area (Å²) in [7, 11) is 0. The van der Waals surface area contributed by atoms with Crippen molar-refractivity contribution in [3.05, 3.63) is 140 Å². The average Bonchev–Trinajstić information content (AvgIpc) is 3.77. The summed E-state index contributed by atoms with van der Waals surface area (Å²) in [6.07, 6.45) is 1.76. The second kappa shape index (κ2) is 8.37. The van der Waals surface area contributed by atoms with Gasteiger partial charge in [-0.2, -0.15) is 0 Å². The van der Waals surface area contributed by atoms with Crippen LogP contribution in [0, 0.1) is 0 Å². The van der Waals surface area contributed by atoms with Gasteiger partial charge in [-0.1, -0.05) is 66.7 Å². The predicted octanol–water partition coefficient (Wildman–Crippen LogP) is 11.4. The summed E-state index contributed by atoms with van der Waals surface area (Å²) in [4.78, 5) is 0. The summed E-state index contributed by atoms with van der Waals surface area (Å²) in [5.41, 5.74) is 8.62. The molecule has 0 atom stereocenters. The number of furan rings is 2. The topological polar surface area (TPSA) is 31.2 Å². The van der Waals surface area contributed by atoms with Crippen molar-refractivity contribution in [3.8, 4) is 16.8 Å². The number of benzene rings is 7. The first-order chi connectivity index (χ1) is 21.3. The Bertz CT molecular complexity index is 2720. The predicted molar refractivity (Wildman–Crippen MR) is 178 cm³/mol. The lowest BCUT2D eigenvalue weighted by Crippen LogP contribution is -1.93. The molecule has 0 aliphatic carbocycles. The zero-order valence-electron chi connectivity index (χ0n) is 23.0. The van der Waals surface area contributed by atoms with Gasteiger partial charge in [-0.3, -0.25) is 0 Å². The maximum atomic E-state index is 6.61. The average molecular weight is 550 g/mol. The molecule has 10 rings (SSSR count). The summed E-state index contributed by atoms with van der Waals surface area (Å²) >= 11 is 0. The molecule has 0 saturated carbocycles. The van der Waals surface area contributed by atoms with Gasteiger partial charge < -0.3 is 13.4 Å². The summed E-state index contributed by atoms with van der Waals surface area (Å²) < 4.78 is 14.8. The van der Waals surface area contributed by atoms with E-state index < -0.39 is 0 Å². The first-order valence-electron chi connectivity index (χ1n) is 14.6. The molecule has 200 valence electrons. The molecule has 0 aliphatic rings. The summed E-state index contributed by atoms with van der Waals surface area (Å²) in [6, 6.07) is 47.7. The highest BCUT2D eigenvalue weighted by atomic mass is 16.3. The Hall–Kier alpha value is -5.80. The summed E-state index contributed by atoms with van der Waals surface area (Å²) in [6.45, 7) is 0. The van der Waals surface area contributed by atoms with E-state index in [0.29, 0.717) is 0 Å². The molecule has 10 aromatic rings. The smallest absolute Gasteiger partial charge is 0.143 e. The van der Waals surface area contributed by atoms with Crippen LogP contribution in [-0.4, -0.2) is 4.57 Å². The maximum Gasteiger partial charge on any atom is 0.143 e. The Morgan fingerprint density at radius 2 is 1.26 bits per heavy atom. The fraction of sp³-hybridized carbons (Fsp3) is 0. The zero-order chi connectivity index (χ0) is 28.1. The quantitative estimate of drug-likeness (QED) is 0.201. The zero-order valence-corrected chi connectivity index (χ0v) is 23.0. The van der Waals surface area contributed by atoms with Gasteiger partial charge in [-0.25, -0.2) is 0 Å². The second-order valence-electron chi connectivity index (χ2n) is 11.3. The molecule has 3 heteroatoms. The van der Waals surface area contributed by atoms with Gasteiger partial charge in [-0.15, -0.1) is 0 Å². The fourth-order valence-electron chi connectivity index (χ4n) is 7.11. The van der Waals surface area contributed by atoms with Crippen LogP contribution in [0.3, 0.4) is 0 Å². The molecule has 0 fully saturated rings. The van der Waals surface area contributed by atoms with E-state index in [1.165, 1.54) is 43.7 Å². The van der Waals surface area contributed by atoms with E-state index in [1.54, 1.807) is 6.26 Å². The Balaban J connectivity index is 1.34. The molecule has 0 saturated heterocycles. The van der Waals surface area contributed by atoms with Crippen LogP contribution in [0.15, 0.2) is 149 Å². The summed E-state index contributed by atoms with van der Waals surface area (Å²) in [5, 5.41) is 10.4. The number of nitrogens with zero attached hydrogens (tertiary/aromatic N) is 1. The van der Waals surface area contributed by atoms with Crippen molar-refractivity contribution in [1.82, 2.24) is 4.57 Å². The van der Waals surface area contributed by atoms with E-state index in [2.05, 4.69) is 126 Å². The molecule has 0 spiro atoms. The van der Waals surface area contributed by atoms with Crippen molar-refractivity contribution in [3.63, 3.8) is 0 Å². The third-order valence-corrected chi connectivity index (χ3v) is 9.03. The van der Waals surface area contributed by atoms with Crippen LogP contribution in [-0.2, 0) is 0 Å². The van der Waals surface area contributed by atoms with Gasteiger partial charge in [0.05, 0.1) is 17.3 Å². The van der Waals surface area contributed by atoms with Gasteiger partial charge in [0.2, 0.25) is 0 Å². The summed E-state index contributed by atoms with van der Waals surface area (Å²) in [5.74, 6) is 0. The number of fused-ring (bicyclic) bond motifs is 11.